The third-order valence-corrected chi connectivity index (χ3v) is 3.41. The molecule has 2 aromatic carbocycles. The SMILES string of the molecule is COc1ccc(C=NNC(=O)c2cccc3cc[nH]c23)cc1O. The number of hydrazone groups is 1. The normalized spacial score (nSPS) is 11.0. The standard InChI is InChI=1S/C17H15N3O3/c1-23-15-6-5-11(9-14(15)21)10-19-20-17(22)13-4-2-3-12-7-8-18-16(12)13/h2-10,18,21H,1H3,(H,20,22). The van der Waals surface area contributed by atoms with Gasteiger partial charge in [0.1, 0.15) is 0 Å². The van der Waals surface area contributed by atoms with Crippen LogP contribution in [-0.2, 0) is 0 Å². The maximum Gasteiger partial charge on any atom is 0.273 e. The number of hydrogen-bond donors (Lipinski definition) is 3. The van der Waals surface area contributed by atoms with E-state index < -0.39 is 0 Å². The molecule has 0 unspecified atom stereocenters. The van der Waals surface area contributed by atoms with Gasteiger partial charge in [0.25, 0.3) is 5.91 Å². The first-order valence-corrected chi connectivity index (χ1v) is 6.95. The number of ether oxygens (including phenoxy) is 1. The second-order valence-corrected chi connectivity index (χ2v) is 4.88. The number of aromatic amines is 1. The molecule has 1 heterocycles. The molecule has 0 saturated carbocycles. The zero-order chi connectivity index (χ0) is 16.2. The van der Waals surface area contributed by atoms with Crippen molar-refractivity contribution in [1.82, 2.24) is 10.4 Å². The number of carbonyl (C=O) groups is 1. The van der Waals surface area contributed by atoms with Crippen molar-refractivity contribution in [3.05, 3.63) is 59.8 Å². The van der Waals surface area contributed by atoms with Gasteiger partial charge in [-0.15, -0.1) is 0 Å². The molecule has 0 bridgehead atoms. The average Bonchev–Trinajstić information content (AvgIpc) is 3.03. The number of aromatic hydroxyl groups is 1. The quantitative estimate of drug-likeness (QED) is 0.511. The molecule has 0 aliphatic rings. The number of nitrogens with one attached hydrogen (secondary N) is 2. The van der Waals surface area contributed by atoms with Crippen molar-refractivity contribution in [3.63, 3.8) is 0 Å². The van der Waals surface area contributed by atoms with Crippen molar-refractivity contribution in [2.75, 3.05) is 7.11 Å². The van der Waals surface area contributed by atoms with Gasteiger partial charge >= 0.3 is 0 Å². The molecule has 23 heavy (non-hydrogen) atoms. The summed E-state index contributed by atoms with van der Waals surface area (Å²) in [4.78, 5) is 15.2. The lowest BCUT2D eigenvalue weighted by molar-refractivity contribution is 0.0956. The van der Waals surface area contributed by atoms with Crippen molar-refractivity contribution in [1.29, 1.82) is 0 Å². The van der Waals surface area contributed by atoms with Gasteiger partial charge in [-0.2, -0.15) is 5.10 Å². The average molecular weight is 309 g/mol. The Balaban J connectivity index is 1.74. The van der Waals surface area contributed by atoms with Gasteiger partial charge in [-0.05, 0) is 35.9 Å². The molecular weight excluding hydrogens is 294 g/mol. The van der Waals surface area contributed by atoms with E-state index >= 15 is 0 Å². The second-order valence-electron chi connectivity index (χ2n) is 4.88. The number of para-hydroxylation sites is 1. The summed E-state index contributed by atoms with van der Waals surface area (Å²) < 4.78 is 4.97. The summed E-state index contributed by atoms with van der Waals surface area (Å²) in [6.45, 7) is 0. The third-order valence-electron chi connectivity index (χ3n) is 3.41. The molecular formula is C17H15N3O3. The van der Waals surface area contributed by atoms with Crippen LogP contribution in [-0.4, -0.2) is 29.3 Å². The Labute approximate surface area is 132 Å². The van der Waals surface area contributed by atoms with E-state index in [0.29, 0.717) is 16.9 Å². The molecule has 3 aromatic rings. The van der Waals surface area contributed by atoms with Crippen molar-refractivity contribution >= 4 is 23.0 Å². The molecule has 0 fully saturated rings. The van der Waals surface area contributed by atoms with Gasteiger partial charge in [0, 0.05) is 11.6 Å². The zero-order valence-corrected chi connectivity index (χ0v) is 12.4. The minimum absolute atomic E-state index is 0.0129. The Morgan fingerprint density at radius 3 is 2.96 bits per heavy atom. The third kappa shape index (κ3) is 3.01. The van der Waals surface area contributed by atoms with Crippen LogP contribution in [0.5, 0.6) is 11.5 Å². The largest absolute Gasteiger partial charge is 0.504 e. The molecule has 1 aromatic heterocycles. The lowest BCUT2D eigenvalue weighted by Crippen LogP contribution is -2.17. The molecule has 0 spiro atoms. The second kappa shape index (κ2) is 6.23. The Hall–Kier alpha value is -3.28. The molecule has 0 radical (unpaired) electrons. The maximum absolute atomic E-state index is 12.2. The number of phenols is 1. The smallest absolute Gasteiger partial charge is 0.273 e. The van der Waals surface area contributed by atoms with Gasteiger partial charge in [0.05, 0.1) is 24.4 Å². The Kier molecular flexibility index (Phi) is 3.97. The topological polar surface area (TPSA) is 86.7 Å². The van der Waals surface area contributed by atoms with Crippen LogP contribution in [0, 0.1) is 0 Å². The summed E-state index contributed by atoms with van der Waals surface area (Å²) in [6.07, 6.45) is 3.23. The Morgan fingerprint density at radius 1 is 1.30 bits per heavy atom. The number of carbonyl (C=O) groups excluding carboxylic acids is 1. The van der Waals surface area contributed by atoms with Gasteiger partial charge < -0.3 is 14.8 Å². The maximum atomic E-state index is 12.2. The van der Waals surface area contributed by atoms with Crippen LogP contribution in [0.15, 0.2) is 53.8 Å². The van der Waals surface area contributed by atoms with Crippen LogP contribution < -0.4 is 10.2 Å². The molecule has 116 valence electrons. The Bertz CT molecular complexity index is 884. The van der Waals surface area contributed by atoms with Crippen LogP contribution in [0.25, 0.3) is 10.9 Å². The van der Waals surface area contributed by atoms with E-state index in [9.17, 15) is 9.90 Å². The number of benzene rings is 2. The minimum atomic E-state index is -0.313. The molecule has 6 heteroatoms. The molecule has 3 N–H and O–H groups in total. The van der Waals surface area contributed by atoms with Gasteiger partial charge in [0.2, 0.25) is 0 Å². The van der Waals surface area contributed by atoms with Crippen LogP contribution in [0.3, 0.4) is 0 Å². The highest BCUT2D eigenvalue weighted by atomic mass is 16.5. The number of aromatic nitrogens is 1. The van der Waals surface area contributed by atoms with Crippen LogP contribution >= 0.6 is 0 Å². The van der Waals surface area contributed by atoms with E-state index in [2.05, 4.69) is 15.5 Å². The lowest BCUT2D eigenvalue weighted by Gasteiger charge is -2.04. The molecule has 3 rings (SSSR count). The van der Waals surface area contributed by atoms with Crippen molar-refractivity contribution in [2.24, 2.45) is 5.10 Å². The summed E-state index contributed by atoms with van der Waals surface area (Å²) >= 11 is 0. The zero-order valence-electron chi connectivity index (χ0n) is 12.4. The van der Waals surface area contributed by atoms with Crippen LogP contribution in [0.2, 0.25) is 0 Å². The highest BCUT2D eigenvalue weighted by Crippen LogP contribution is 2.25. The molecule has 0 saturated heterocycles. The fraction of sp³-hybridized carbons (Fsp3) is 0.0588. The predicted octanol–water partition coefficient (Wildman–Crippen LogP) is 2.65. The van der Waals surface area contributed by atoms with Gasteiger partial charge in [0.15, 0.2) is 11.5 Å². The molecule has 6 nitrogen and oxygen atoms in total. The molecule has 0 aliphatic heterocycles. The molecule has 1 amide bonds. The number of hydrogen-bond acceptors (Lipinski definition) is 4. The number of phenolic OH excluding ortho intramolecular Hbond substituents is 1. The van der Waals surface area contributed by atoms with Crippen molar-refractivity contribution in [3.8, 4) is 11.5 Å². The van der Waals surface area contributed by atoms with E-state index in [1.165, 1.54) is 19.4 Å². The molecule has 0 atom stereocenters. The van der Waals surface area contributed by atoms with Crippen molar-refractivity contribution in [2.45, 2.75) is 0 Å². The van der Waals surface area contributed by atoms with Crippen LogP contribution in [0.4, 0.5) is 0 Å². The van der Waals surface area contributed by atoms with E-state index in [-0.39, 0.29) is 11.7 Å². The van der Waals surface area contributed by atoms with Crippen LogP contribution in [0.1, 0.15) is 15.9 Å². The first-order chi connectivity index (χ1) is 11.2. The number of amides is 1. The number of H-pyrrole nitrogens is 1. The van der Waals surface area contributed by atoms with Gasteiger partial charge in [-0.25, -0.2) is 5.43 Å². The number of methoxy groups -OCH3 is 1. The van der Waals surface area contributed by atoms with E-state index in [1.807, 2.05) is 18.2 Å². The van der Waals surface area contributed by atoms with E-state index in [0.717, 1.165) is 10.9 Å². The van der Waals surface area contributed by atoms with E-state index in [4.69, 9.17) is 4.74 Å². The Morgan fingerprint density at radius 2 is 2.17 bits per heavy atom. The monoisotopic (exact) mass is 309 g/mol. The number of fused-ring (bicyclic) bond motifs is 1. The van der Waals surface area contributed by atoms with Crippen molar-refractivity contribution < 1.29 is 14.6 Å². The first-order valence-electron chi connectivity index (χ1n) is 6.95. The number of rotatable bonds is 4. The summed E-state index contributed by atoms with van der Waals surface area (Å²) in [6, 6.07) is 12.2. The lowest BCUT2D eigenvalue weighted by atomic mass is 10.1. The highest BCUT2D eigenvalue weighted by molar-refractivity contribution is 6.05. The first kappa shape index (κ1) is 14.6. The summed E-state index contributed by atoms with van der Waals surface area (Å²) in [7, 11) is 1.48. The predicted molar refractivity (Wildman–Crippen MR) is 88.0 cm³/mol. The fourth-order valence-electron chi connectivity index (χ4n) is 2.29. The summed E-state index contributed by atoms with van der Waals surface area (Å²) in [5.74, 6) is 0.0792. The summed E-state index contributed by atoms with van der Waals surface area (Å²) in [5, 5.41) is 14.6. The molecule has 0 aliphatic carbocycles. The van der Waals surface area contributed by atoms with Gasteiger partial charge in [-0.1, -0.05) is 12.1 Å². The number of nitrogens with zero attached hydrogens (tertiary/aromatic N) is 1. The van der Waals surface area contributed by atoms with Gasteiger partial charge in [-0.3, -0.25) is 4.79 Å². The van der Waals surface area contributed by atoms with E-state index in [1.54, 1.807) is 24.4 Å². The minimum Gasteiger partial charge on any atom is -0.504 e. The summed E-state index contributed by atoms with van der Waals surface area (Å²) in [5.41, 5.74) is 4.40. The highest BCUT2D eigenvalue weighted by Gasteiger charge is 2.09. The fourth-order valence-corrected chi connectivity index (χ4v) is 2.29.